The molecule has 1 atom stereocenters. The smallest absolute Gasteiger partial charge is 0.153 e. The van der Waals surface area contributed by atoms with Crippen molar-refractivity contribution in [2.24, 2.45) is 17.5 Å². The molecule has 2 fully saturated rings. The number of hydrogen-bond donors (Lipinski definition) is 2. The molecule has 4 aromatic rings. The molecule has 0 aliphatic carbocycles. The number of fused-ring (bicyclic) bond motifs is 3. The van der Waals surface area contributed by atoms with Crippen LogP contribution in [0, 0.1) is 5.92 Å². The minimum atomic E-state index is -3.01. The fourth-order valence-corrected chi connectivity index (χ4v) is 7.52. The van der Waals surface area contributed by atoms with E-state index in [9.17, 15) is 8.42 Å². The highest BCUT2D eigenvalue weighted by molar-refractivity contribution is 7.91. The van der Waals surface area contributed by atoms with Gasteiger partial charge in [0.05, 0.1) is 34.3 Å². The Balaban J connectivity index is 1.62. The van der Waals surface area contributed by atoms with E-state index < -0.39 is 9.84 Å². The first-order chi connectivity index (χ1) is 19.7. The van der Waals surface area contributed by atoms with E-state index in [1.165, 1.54) is 10.6 Å². The van der Waals surface area contributed by atoms with Crippen molar-refractivity contribution in [3.8, 4) is 0 Å². The van der Waals surface area contributed by atoms with Crippen LogP contribution in [0.2, 0.25) is 0 Å². The van der Waals surface area contributed by atoms with Crippen molar-refractivity contribution in [2.75, 3.05) is 49.8 Å². The number of pyridine rings is 2. The SMILES string of the molecule is C/C(N)=C(\c1cnc2c3ccc(N4CCS(=O)(=O)CC4)nc3n([C@H](c3ccccc3)C3CCOCC3)c2c1)N(C)N. The molecule has 10 nitrogen and oxygen atoms in total. The molecule has 216 valence electrons. The molecule has 0 bridgehead atoms. The van der Waals surface area contributed by atoms with Crippen molar-refractivity contribution in [3.05, 3.63) is 71.6 Å². The van der Waals surface area contributed by atoms with Gasteiger partial charge in [0.1, 0.15) is 11.5 Å². The van der Waals surface area contributed by atoms with Crippen LogP contribution in [-0.2, 0) is 14.6 Å². The third kappa shape index (κ3) is 5.25. The van der Waals surface area contributed by atoms with Crippen LogP contribution in [0.4, 0.5) is 5.82 Å². The van der Waals surface area contributed by atoms with Crippen molar-refractivity contribution in [1.82, 2.24) is 19.5 Å². The summed E-state index contributed by atoms with van der Waals surface area (Å²) in [5.74, 6) is 7.57. The van der Waals surface area contributed by atoms with Crippen LogP contribution in [0.1, 0.15) is 36.9 Å². The minimum Gasteiger partial charge on any atom is -0.401 e. The lowest BCUT2D eigenvalue weighted by Gasteiger charge is -2.33. The van der Waals surface area contributed by atoms with Gasteiger partial charge in [-0.25, -0.2) is 19.2 Å². The van der Waals surface area contributed by atoms with Gasteiger partial charge in [-0.1, -0.05) is 30.3 Å². The van der Waals surface area contributed by atoms with Crippen LogP contribution in [0.25, 0.3) is 27.8 Å². The molecule has 4 N–H and O–H groups in total. The van der Waals surface area contributed by atoms with Crippen LogP contribution in [0.15, 0.2) is 60.4 Å². The number of rotatable bonds is 6. The molecule has 6 rings (SSSR count). The number of ether oxygens (including phenoxy) is 1. The fraction of sp³-hybridized carbons (Fsp3) is 0.400. The highest BCUT2D eigenvalue weighted by atomic mass is 32.2. The van der Waals surface area contributed by atoms with Gasteiger partial charge in [0.15, 0.2) is 9.84 Å². The number of aromatic nitrogens is 3. The second-order valence-electron chi connectivity index (χ2n) is 11.1. The van der Waals surface area contributed by atoms with Crippen LogP contribution >= 0.6 is 0 Å². The highest BCUT2D eigenvalue weighted by Crippen LogP contribution is 2.41. The normalized spacial score (nSPS) is 19.3. The number of anilines is 1. The van der Waals surface area contributed by atoms with E-state index in [4.69, 9.17) is 26.3 Å². The Morgan fingerprint density at radius 1 is 1.10 bits per heavy atom. The van der Waals surface area contributed by atoms with Crippen LogP contribution < -0.4 is 16.5 Å². The molecule has 3 aromatic heterocycles. The number of hydrogen-bond acceptors (Lipinski definition) is 9. The summed E-state index contributed by atoms with van der Waals surface area (Å²) in [6.07, 6.45) is 3.67. The summed E-state index contributed by atoms with van der Waals surface area (Å²) in [6, 6.07) is 16.7. The molecule has 41 heavy (non-hydrogen) atoms. The molecule has 0 unspecified atom stereocenters. The second kappa shape index (κ2) is 11.0. The van der Waals surface area contributed by atoms with E-state index in [0.29, 0.717) is 43.6 Å². The largest absolute Gasteiger partial charge is 0.401 e. The number of benzene rings is 1. The summed E-state index contributed by atoms with van der Waals surface area (Å²) in [4.78, 5) is 12.2. The first kappa shape index (κ1) is 27.5. The van der Waals surface area contributed by atoms with Gasteiger partial charge >= 0.3 is 0 Å². The van der Waals surface area contributed by atoms with Crippen molar-refractivity contribution < 1.29 is 13.2 Å². The Morgan fingerprint density at radius 3 is 2.46 bits per heavy atom. The first-order valence-electron chi connectivity index (χ1n) is 14.1. The summed E-state index contributed by atoms with van der Waals surface area (Å²) in [5.41, 5.74) is 12.2. The zero-order chi connectivity index (χ0) is 28.7. The molecule has 0 spiro atoms. The zero-order valence-corrected chi connectivity index (χ0v) is 24.3. The summed E-state index contributed by atoms with van der Waals surface area (Å²) in [7, 11) is -1.24. The van der Waals surface area contributed by atoms with E-state index in [-0.39, 0.29) is 17.5 Å². The Bertz CT molecular complexity index is 1690. The molecule has 0 amide bonds. The van der Waals surface area contributed by atoms with E-state index in [1.807, 2.05) is 25.3 Å². The molecule has 0 radical (unpaired) electrons. The molecule has 2 aliphatic rings. The molecular formula is C30H37N7O3S. The summed E-state index contributed by atoms with van der Waals surface area (Å²) in [6.45, 7) is 4.12. The number of allylic oxidation sites excluding steroid dienone is 1. The van der Waals surface area contributed by atoms with Crippen molar-refractivity contribution >= 4 is 43.4 Å². The van der Waals surface area contributed by atoms with Gasteiger partial charge in [-0.15, -0.1) is 0 Å². The Morgan fingerprint density at radius 2 is 1.80 bits per heavy atom. The molecular weight excluding hydrogens is 538 g/mol. The lowest BCUT2D eigenvalue weighted by Crippen LogP contribution is -2.40. The average Bonchev–Trinajstić information content (AvgIpc) is 3.27. The Labute approximate surface area is 240 Å². The van der Waals surface area contributed by atoms with Crippen molar-refractivity contribution in [2.45, 2.75) is 25.8 Å². The topological polar surface area (TPSA) is 133 Å². The van der Waals surface area contributed by atoms with Crippen molar-refractivity contribution in [1.29, 1.82) is 0 Å². The molecule has 11 heteroatoms. The summed E-state index contributed by atoms with van der Waals surface area (Å²) < 4.78 is 32.3. The Kier molecular flexibility index (Phi) is 7.35. The van der Waals surface area contributed by atoms with Gasteiger partial charge in [-0.3, -0.25) is 4.98 Å². The van der Waals surface area contributed by atoms with E-state index in [0.717, 1.165) is 46.3 Å². The lowest BCUT2D eigenvalue weighted by atomic mass is 9.86. The predicted octanol–water partition coefficient (Wildman–Crippen LogP) is 3.29. The van der Waals surface area contributed by atoms with Crippen LogP contribution in [0.3, 0.4) is 0 Å². The standard InChI is InChI=1S/C30H37N7O3S/c1-20(31)28(35(2)32)23-18-25-27(33-19-23)24-8-9-26(36-12-16-41(38,39)17-13-36)34-30(24)37(25)29(21-6-4-3-5-7-21)22-10-14-40-15-11-22/h3-9,18-19,22,29H,10-17,31-32H2,1-2H3/b28-20-/t29-/m1/s1. The maximum atomic E-state index is 12.1. The van der Waals surface area contributed by atoms with Crippen molar-refractivity contribution in [3.63, 3.8) is 0 Å². The van der Waals surface area contributed by atoms with Gasteiger partial charge in [-0.2, -0.15) is 0 Å². The Hall–Kier alpha value is -3.67. The van der Waals surface area contributed by atoms with Gasteiger partial charge in [0.25, 0.3) is 0 Å². The zero-order valence-electron chi connectivity index (χ0n) is 23.5. The number of nitrogens with two attached hydrogens (primary N) is 2. The van der Waals surface area contributed by atoms with Gasteiger partial charge in [0.2, 0.25) is 0 Å². The van der Waals surface area contributed by atoms with E-state index in [2.05, 4.69) is 45.9 Å². The van der Waals surface area contributed by atoms with Gasteiger partial charge < -0.3 is 24.9 Å². The first-order valence-corrected chi connectivity index (χ1v) is 15.9. The third-order valence-corrected chi connectivity index (χ3v) is 9.88. The van der Waals surface area contributed by atoms with Crippen LogP contribution in [0.5, 0.6) is 0 Å². The third-order valence-electron chi connectivity index (χ3n) is 8.27. The summed E-state index contributed by atoms with van der Waals surface area (Å²) >= 11 is 0. The molecule has 2 saturated heterocycles. The summed E-state index contributed by atoms with van der Waals surface area (Å²) in [5, 5.41) is 2.48. The minimum absolute atomic E-state index is 0.0105. The highest BCUT2D eigenvalue weighted by Gasteiger charge is 2.31. The molecule has 1 aromatic carbocycles. The van der Waals surface area contributed by atoms with E-state index >= 15 is 0 Å². The maximum Gasteiger partial charge on any atom is 0.153 e. The monoisotopic (exact) mass is 575 g/mol. The molecule has 5 heterocycles. The second-order valence-corrected chi connectivity index (χ2v) is 13.4. The molecule has 0 saturated carbocycles. The van der Waals surface area contributed by atoms with Gasteiger partial charge in [-0.05, 0) is 49.4 Å². The fourth-order valence-electron chi connectivity index (χ4n) is 6.32. The van der Waals surface area contributed by atoms with E-state index in [1.54, 1.807) is 7.05 Å². The number of hydrazine groups is 1. The maximum absolute atomic E-state index is 12.1. The molecule has 2 aliphatic heterocycles. The predicted molar refractivity (Wildman–Crippen MR) is 163 cm³/mol. The lowest BCUT2D eigenvalue weighted by molar-refractivity contribution is 0.0552. The number of sulfone groups is 1. The van der Waals surface area contributed by atoms with Gasteiger partial charge in [0, 0.05) is 56.2 Å². The quantitative estimate of drug-likeness (QED) is 0.262. The average molecular weight is 576 g/mol. The van der Waals surface area contributed by atoms with Crippen LogP contribution in [-0.4, -0.2) is 72.8 Å². The number of nitrogens with zero attached hydrogens (tertiary/aromatic N) is 5.